The Balaban J connectivity index is 0.000000143. The smallest absolute Gasteiger partial charge is 0.456 e. The molecular weight excluding hydrogens is 627 g/mol. The first kappa shape index (κ1) is 31.4. The molecule has 2 aromatic heterocycles. The lowest BCUT2D eigenvalue weighted by Gasteiger charge is -2.03. The lowest BCUT2D eigenvalue weighted by atomic mass is 9.79. The van der Waals surface area contributed by atoms with Crippen LogP contribution in [0.5, 0.6) is 0 Å². The monoisotopic (exact) mass is 658 g/mol. The normalized spacial score (nSPS) is 10.6. The van der Waals surface area contributed by atoms with Gasteiger partial charge in [0, 0.05) is 48.4 Å². The fraction of sp³-hybridized carbons (Fsp3) is 0.0270. The third-order valence-electron chi connectivity index (χ3n) is 7.16. The van der Waals surface area contributed by atoms with Gasteiger partial charge in [0.05, 0.1) is 0 Å². The molecule has 8 aromatic rings. The summed E-state index contributed by atoms with van der Waals surface area (Å²) in [5.41, 5.74) is 18.5. The van der Waals surface area contributed by atoms with E-state index < -0.39 is 7.12 Å². The Morgan fingerprint density at radius 3 is 1.62 bits per heavy atom. The Morgan fingerprint density at radius 2 is 1.04 bits per heavy atom. The van der Waals surface area contributed by atoms with E-state index in [-0.39, 0.29) is 7.43 Å². The molecule has 0 aliphatic heterocycles. The summed E-state index contributed by atoms with van der Waals surface area (Å²) in [5, 5.41) is 22.7. The van der Waals surface area contributed by atoms with Crippen molar-refractivity contribution in [3.63, 3.8) is 0 Å². The maximum Gasteiger partial charge on any atom is 0.492 e. The molecule has 6 N–H and O–H groups in total. The molecule has 2 heterocycles. The molecular formula is C37H32BBrN2O4. The number of nitrogens with two attached hydrogens (primary N) is 2. The summed E-state index contributed by atoms with van der Waals surface area (Å²) in [6.45, 7) is 0. The molecule has 0 aliphatic rings. The fourth-order valence-electron chi connectivity index (χ4n) is 5.16. The molecule has 8 heteroatoms. The van der Waals surface area contributed by atoms with Gasteiger partial charge in [0.15, 0.2) is 0 Å². The number of fused-ring (bicyclic) bond motifs is 6. The van der Waals surface area contributed by atoms with E-state index in [1.165, 1.54) is 0 Å². The molecule has 45 heavy (non-hydrogen) atoms. The number of anilines is 2. The van der Waals surface area contributed by atoms with Crippen LogP contribution < -0.4 is 16.9 Å². The van der Waals surface area contributed by atoms with E-state index in [1.807, 2.05) is 91.0 Å². The molecule has 0 radical (unpaired) electrons. The number of hydrogen-bond acceptors (Lipinski definition) is 6. The second-order valence-corrected chi connectivity index (χ2v) is 11.1. The van der Waals surface area contributed by atoms with E-state index in [4.69, 9.17) is 20.3 Å². The summed E-state index contributed by atoms with van der Waals surface area (Å²) in [7, 11) is -1.51. The number of rotatable bonds is 2. The second kappa shape index (κ2) is 13.7. The van der Waals surface area contributed by atoms with Crippen molar-refractivity contribution in [2.45, 2.75) is 7.43 Å². The van der Waals surface area contributed by atoms with E-state index in [1.54, 1.807) is 12.1 Å². The zero-order chi connectivity index (χ0) is 30.6. The van der Waals surface area contributed by atoms with Gasteiger partial charge in [0.1, 0.15) is 22.3 Å². The molecule has 224 valence electrons. The zero-order valence-electron chi connectivity index (χ0n) is 23.5. The number of hydrogen-bond donors (Lipinski definition) is 4. The van der Waals surface area contributed by atoms with Gasteiger partial charge in [-0.1, -0.05) is 114 Å². The first-order valence-electron chi connectivity index (χ1n) is 13.9. The van der Waals surface area contributed by atoms with Gasteiger partial charge in [0.25, 0.3) is 0 Å². The first-order valence-corrected chi connectivity index (χ1v) is 14.7. The maximum absolute atomic E-state index is 9.24. The highest BCUT2D eigenvalue weighted by Gasteiger charge is 2.18. The summed E-state index contributed by atoms with van der Waals surface area (Å²) in [6.07, 6.45) is 0. The zero-order valence-corrected chi connectivity index (χ0v) is 25.1. The van der Waals surface area contributed by atoms with Crippen LogP contribution in [0.4, 0.5) is 11.4 Å². The van der Waals surface area contributed by atoms with Crippen LogP contribution in [0.2, 0.25) is 0 Å². The highest BCUT2D eigenvalue weighted by atomic mass is 79.9. The van der Waals surface area contributed by atoms with Crippen molar-refractivity contribution in [3.05, 3.63) is 138 Å². The van der Waals surface area contributed by atoms with Gasteiger partial charge in [-0.3, -0.25) is 0 Å². The topological polar surface area (TPSA) is 119 Å². The molecule has 0 fully saturated rings. The van der Waals surface area contributed by atoms with Crippen LogP contribution in [0.25, 0.3) is 55.0 Å². The van der Waals surface area contributed by atoms with Crippen LogP contribution in [-0.2, 0) is 0 Å². The van der Waals surface area contributed by atoms with Crippen molar-refractivity contribution < 1.29 is 18.9 Å². The summed E-state index contributed by atoms with van der Waals surface area (Å²) < 4.78 is 12.7. The van der Waals surface area contributed by atoms with E-state index in [2.05, 4.69) is 46.3 Å². The van der Waals surface area contributed by atoms with Crippen LogP contribution >= 0.6 is 15.9 Å². The van der Waals surface area contributed by atoms with E-state index in [9.17, 15) is 10.0 Å². The molecule has 0 saturated carbocycles. The molecule has 6 aromatic carbocycles. The van der Waals surface area contributed by atoms with Crippen molar-refractivity contribution in [3.8, 4) is 11.1 Å². The number of nitrogen functional groups attached to an aromatic ring is 2. The minimum Gasteiger partial charge on any atom is -0.456 e. The van der Waals surface area contributed by atoms with E-state index in [0.29, 0.717) is 11.0 Å². The van der Waals surface area contributed by atoms with Crippen LogP contribution in [0.1, 0.15) is 7.43 Å². The third-order valence-corrected chi connectivity index (χ3v) is 7.66. The number of benzene rings is 6. The summed E-state index contributed by atoms with van der Waals surface area (Å²) in [5.74, 6) is 0. The molecule has 0 saturated heterocycles. The van der Waals surface area contributed by atoms with E-state index in [0.717, 1.165) is 65.3 Å². The molecule has 0 unspecified atom stereocenters. The minimum atomic E-state index is -1.51. The molecule has 0 bridgehead atoms. The van der Waals surface area contributed by atoms with Gasteiger partial charge in [-0.25, -0.2) is 0 Å². The van der Waals surface area contributed by atoms with Gasteiger partial charge in [-0.05, 0) is 48.0 Å². The van der Waals surface area contributed by atoms with E-state index >= 15 is 0 Å². The highest BCUT2D eigenvalue weighted by molar-refractivity contribution is 9.10. The van der Waals surface area contributed by atoms with Crippen LogP contribution in [0.15, 0.2) is 147 Å². The van der Waals surface area contributed by atoms with Gasteiger partial charge in [-0.15, -0.1) is 0 Å². The Kier molecular flexibility index (Phi) is 9.59. The minimum absolute atomic E-state index is 0. The fourth-order valence-corrected chi connectivity index (χ4v) is 5.58. The lowest BCUT2D eigenvalue weighted by molar-refractivity contribution is 0.425. The van der Waals surface area contributed by atoms with Crippen molar-refractivity contribution >= 4 is 83.8 Å². The van der Waals surface area contributed by atoms with Gasteiger partial charge >= 0.3 is 7.12 Å². The summed E-state index contributed by atoms with van der Waals surface area (Å²) in [6, 6.07) is 42.8. The largest absolute Gasteiger partial charge is 0.492 e. The Labute approximate surface area is 269 Å². The average Bonchev–Trinajstić information content (AvgIpc) is 3.60. The summed E-state index contributed by atoms with van der Waals surface area (Å²) >= 11 is 3.28. The molecule has 6 nitrogen and oxygen atoms in total. The predicted molar refractivity (Wildman–Crippen MR) is 192 cm³/mol. The van der Waals surface area contributed by atoms with Crippen LogP contribution in [0.3, 0.4) is 0 Å². The molecule has 0 amide bonds. The number of furan rings is 2. The van der Waals surface area contributed by atoms with Gasteiger partial charge in [0.2, 0.25) is 0 Å². The molecule has 8 rings (SSSR count). The van der Waals surface area contributed by atoms with Crippen molar-refractivity contribution in [2.24, 2.45) is 0 Å². The maximum atomic E-state index is 9.24. The Hall–Kier alpha value is -5.02. The number of halogens is 1. The summed E-state index contributed by atoms with van der Waals surface area (Å²) in [4.78, 5) is 0. The lowest BCUT2D eigenvalue weighted by Crippen LogP contribution is -2.29. The quantitative estimate of drug-likeness (QED) is 0.109. The van der Waals surface area contributed by atoms with Gasteiger partial charge < -0.3 is 30.3 Å². The third kappa shape index (κ3) is 6.73. The van der Waals surface area contributed by atoms with Crippen molar-refractivity contribution in [2.75, 3.05) is 11.5 Å². The van der Waals surface area contributed by atoms with Crippen LogP contribution in [0, 0.1) is 0 Å². The Bertz CT molecular complexity index is 2210. The van der Waals surface area contributed by atoms with Crippen molar-refractivity contribution in [1.82, 2.24) is 0 Å². The second-order valence-electron chi connectivity index (χ2n) is 10.2. The van der Waals surface area contributed by atoms with Gasteiger partial charge in [-0.2, -0.15) is 0 Å². The first-order chi connectivity index (χ1) is 21.4. The average molecular weight is 659 g/mol. The highest BCUT2D eigenvalue weighted by Crippen LogP contribution is 2.36. The Morgan fingerprint density at radius 1 is 0.533 bits per heavy atom. The molecule has 0 aliphatic carbocycles. The molecule has 0 atom stereocenters. The molecule has 0 spiro atoms. The SMILES string of the molecule is C.Nc1cccc(-c2cccc3c2oc2ccccc23)c1.Nc1cccc(Br)c1.OB(O)c1cccc2c1oc1ccccc12. The number of para-hydroxylation sites is 4. The van der Waals surface area contributed by atoms with Crippen molar-refractivity contribution in [1.29, 1.82) is 0 Å². The van der Waals surface area contributed by atoms with Crippen LogP contribution in [-0.4, -0.2) is 17.2 Å². The standard InChI is InChI=1S/C18H13NO.C12H9BO3.C6H6BrN.CH4/c19-13-6-3-5-12(11-13)14-8-4-9-16-15-7-1-2-10-17(15)20-18(14)16;14-13(15)10-6-3-5-9-8-4-1-2-7-11(8)16-12(9)10;7-5-2-1-3-6(8)4-5;/h1-11H,19H2;1-7,14-15H;1-4H,8H2;1H4. The predicted octanol–water partition coefficient (Wildman–Crippen LogP) is 8.77.